The van der Waals surface area contributed by atoms with Gasteiger partial charge in [0.15, 0.2) is 0 Å². The van der Waals surface area contributed by atoms with E-state index in [2.05, 4.69) is 34.7 Å². The van der Waals surface area contributed by atoms with Gasteiger partial charge in [0.1, 0.15) is 5.01 Å². The second kappa shape index (κ2) is 8.41. The van der Waals surface area contributed by atoms with Crippen LogP contribution < -0.4 is 10.6 Å². The minimum Gasteiger partial charge on any atom is -0.344 e. The van der Waals surface area contributed by atoms with Crippen LogP contribution in [-0.2, 0) is 0 Å². The second-order valence-electron chi connectivity index (χ2n) is 6.37. The summed E-state index contributed by atoms with van der Waals surface area (Å²) in [7, 11) is 0. The Labute approximate surface area is 165 Å². The maximum absolute atomic E-state index is 12.6. The summed E-state index contributed by atoms with van der Waals surface area (Å²) < 4.78 is 0. The highest BCUT2D eigenvalue weighted by molar-refractivity contribution is 7.13. The monoisotopic (exact) mass is 400 g/mol. The van der Waals surface area contributed by atoms with Crippen LogP contribution in [0.5, 0.6) is 0 Å². The maximum Gasteiger partial charge on any atom is 0.286 e. The molecule has 0 bridgehead atoms. The average molecular weight is 401 g/mol. The van der Waals surface area contributed by atoms with Crippen LogP contribution >= 0.6 is 22.7 Å². The molecule has 2 N–H and O–H groups in total. The van der Waals surface area contributed by atoms with Gasteiger partial charge in [-0.1, -0.05) is 31.3 Å². The number of hydrogen-bond acceptors (Lipinski definition) is 6. The van der Waals surface area contributed by atoms with Crippen molar-refractivity contribution in [2.45, 2.75) is 26.8 Å². The van der Waals surface area contributed by atoms with Crippen LogP contribution in [0.15, 0.2) is 41.8 Å². The van der Waals surface area contributed by atoms with Crippen LogP contribution in [0.25, 0.3) is 0 Å². The number of carbonyl (C=O) groups is 2. The Bertz CT molecular complexity index is 918. The van der Waals surface area contributed by atoms with Gasteiger partial charge < -0.3 is 10.6 Å². The van der Waals surface area contributed by atoms with Gasteiger partial charge in [-0.15, -0.1) is 21.5 Å². The van der Waals surface area contributed by atoms with Crippen molar-refractivity contribution in [3.63, 3.8) is 0 Å². The van der Waals surface area contributed by atoms with Gasteiger partial charge in [0.25, 0.3) is 11.8 Å². The smallest absolute Gasteiger partial charge is 0.286 e. The number of nitrogens with zero attached hydrogens (tertiary/aromatic N) is 2. The zero-order chi connectivity index (χ0) is 19.4. The van der Waals surface area contributed by atoms with E-state index in [-0.39, 0.29) is 23.8 Å². The summed E-state index contributed by atoms with van der Waals surface area (Å²) in [6.45, 7) is 5.96. The van der Waals surface area contributed by atoms with E-state index in [4.69, 9.17) is 0 Å². The summed E-state index contributed by atoms with van der Waals surface area (Å²) in [5, 5.41) is 16.6. The number of thiophene rings is 1. The van der Waals surface area contributed by atoms with Crippen LogP contribution in [0, 0.1) is 12.8 Å². The van der Waals surface area contributed by atoms with Crippen LogP contribution in [0.2, 0.25) is 0 Å². The fourth-order valence-electron chi connectivity index (χ4n) is 2.54. The van der Waals surface area contributed by atoms with Gasteiger partial charge in [0.05, 0.1) is 6.04 Å². The minimum absolute atomic E-state index is 0.0301. The lowest BCUT2D eigenvalue weighted by molar-refractivity contribution is 0.0926. The molecule has 1 unspecified atom stereocenters. The number of anilines is 1. The lowest BCUT2D eigenvalue weighted by Gasteiger charge is -2.21. The highest BCUT2D eigenvalue weighted by Gasteiger charge is 2.20. The molecule has 0 fully saturated rings. The van der Waals surface area contributed by atoms with E-state index in [0.717, 1.165) is 9.88 Å². The molecule has 0 aliphatic carbocycles. The summed E-state index contributed by atoms with van der Waals surface area (Å²) in [4.78, 5) is 25.9. The quantitative estimate of drug-likeness (QED) is 0.647. The molecule has 0 saturated carbocycles. The van der Waals surface area contributed by atoms with Gasteiger partial charge in [-0.2, -0.15) is 0 Å². The first-order valence-corrected chi connectivity index (χ1v) is 10.2. The van der Waals surface area contributed by atoms with Gasteiger partial charge in [0, 0.05) is 16.1 Å². The predicted molar refractivity (Wildman–Crippen MR) is 108 cm³/mol. The Morgan fingerprint density at radius 3 is 2.33 bits per heavy atom. The van der Waals surface area contributed by atoms with Gasteiger partial charge in [-0.3, -0.25) is 9.59 Å². The molecule has 140 valence electrons. The van der Waals surface area contributed by atoms with E-state index in [1.807, 2.05) is 17.5 Å². The lowest BCUT2D eigenvalue weighted by atomic mass is 10.0. The Morgan fingerprint density at radius 2 is 1.78 bits per heavy atom. The topological polar surface area (TPSA) is 84.0 Å². The molecule has 0 aliphatic rings. The highest BCUT2D eigenvalue weighted by Crippen LogP contribution is 2.26. The van der Waals surface area contributed by atoms with Gasteiger partial charge in [-0.05, 0) is 48.6 Å². The Morgan fingerprint density at radius 1 is 1.04 bits per heavy atom. The van der Waals surface area contributed by atoms with Crippen molar-refractivity contribution in [3.05, 3.63) is 62.2 Å². The Kier molecular flexibility index (Phi) is 5.98. The van der Waals surface area contributed by atoms with Crippen molar-refractivity contribution in [2.75, 3.05) is 5.32 Å². The van der Waals surface area contributed by atoms with Crippen LogP contribution in [0.4, 0.5) is 5.69 Å². The largest absolute Gasteiger partial charge is 0.344 e. The number of nitrogens with one attached hydrogen (secondary N) is 2. The molecular weight excluding hydrogens is 380 g/mol. The first-order valence-electron chi connectivity index (χ1n) is 8.50. The zero-order valence-corrected chi connectivity index (χ0v) is 16.9. The number of amides is 2. The summed E-state index contributed by atoms with van der Waals surface area (Å²) >= 11 is 2.87. The van der Waals surface area contributed by atoms with E-state index in [0.29, 0.717) is 16.3 Å². The number of carbonyl (C=O) groups excluding carboxylic acids is 2. The zero-order valence-electron chi connectivity index (χ0n) is 15.2. The van der Waals surface area contributed by atoms with E-state index < -0.39 is 0 Å². The molecule has 0 radical (unpaired) electrons. The number of aryl methyl sites for hydroxylation is 1. The fraction of sp³-hybridized carbons (Fsp3) is 0.263. The summed E-state index contributed by atoms with van der Waals surface area (Å²) in [6.07, 6.45) is 0. The Hall–Kier alpha value is -2.58. The molecule has 2 heterocycles. The number of aromatic nitrogens is 2. The third-order valence-corrected chi connectivity index (χ3v) is 5.72. The molecule has 8 heteroatoms. The van der Waals surface area contributed by atoms with Crippen LogP contribution in [0.3, 0.4) is 0 Å². The maximum atomic E-state index is 12.6. The first-order chi connectivity index (χ1) is 12.9. The van der Waals surface area contributed by atoms with E-state index >= 15 is 0 Å². The molecule has 3 rings (SSSR count). The van der Waals surface area contributed by atoms with E-state index in [9.17, 15) is 9.59 Å². The van der Waals surface area contributed by atoms with Crippen molar-refractivity contribution in [1.29, 1.82) is 0 Å². The molecule has 0 saturated heterocycles. The second-order valence-corrected chi connectivity index (χ2v) is 8.53. The number of benzene rings is 1. The molecule has 0 aliphatic heterocycles. The summed E-state index contributed by atoms with van der Waals surface area (Å²) in [5.41, 5.74) is 1.14. The normalized spacial score (nSPS) is 12.0. The van der Waals surface area contributed by atoms with Crippen LogP contribution in [-0.4, -0.2) is 22.0 Å². The van der Waals surface area contributed by atoms with Crippen molar-refractivity contribution in [3.8, 4) is 0 Å². The average Bonchev–Trinajstić information content (AvgIpc) is 3.31. The van der Waals surface area contributed by atoms with Crippen molar-refractivity contribution < 1.29 is 9.59 Å². The molecule has 2 amide bonds. The standard InChI is InChI=1S/C19H20N4O2S2/c1-11(2)16(15-5-4-10-26-15)21-17(24)13-6-8-14(9-7-13)20-18(25)19-23-22-12(3)27-19/h4-11,16H,1-3H3,(H,20,25)(H,21,24). The molecule has 2 aromatic heterocycles. The Balaban J connectivity index is 1.65. The fourth-order valence-corrected chi connectivity index (χ4v) is 4.07. The van der Waals surface area contributed by atoms with Gasteiger partial charge in [0.2, 0.25) is 5.01 Å². The summed E-state index contributed by atoms with van der Waals surface area (Å²) in [5.74, 6) is -0.170. The molecule has 0 spiro atoms. The third-order valence-electron chi connectivity index (χ3n) is 3.93. The first kappa shape index (κ1) is 19.2. The van der Waals surface area contributed by atoms with Gasteiger partial charge in [-0.25, -0.2) is 0 Å². The minimum atomic E-state index is -0.310. The number of hydrogen-bond donors (Lipinski definition) is 2. The van der Waals surface area contributed by atoms with Crippen molar-refractivity contribution >= 4 is 40.2 Å². The van der Waals surface area contributed by atoms with E-state index in [1.54, 1.807) is 42.5 Å². The molecule has 27 heavy (non-hydrogen) atoms. The van der Waals surface area contributed by atoms with Gasteiger partial charge >= 0.3 is 0 Å². The molecule has 1 atom stereocenters. The van der Waals surface area contributed by atoms with Crippen LogP contribution in [0.1, 0.15) is 49.9 Å². The molecule has 3 aromatic rings. The SMILES string of the molecule is Cc1nnc(C(=O)Nc2ccc(C(=O)NC(c3cccs3)C(C)C)cc2)s1. The van der Waals surface area contributed by atoms with E-state index in [1.165, 1.54) is 11.3 Å². The predicted octanol–water partition coefficient (Wildman–Crippen LogP) is 4.29. The lowest BCUT2D eigenvalue weighted by Crippen LogP contribution is -2.31. The van der Waals surface area contributed by atoms with Crippen molar-refractivity contribution in [2.24, 2.45) is 5.92 Å². The summed E-state index contributed by atoms with van der Waals surface area (Å²) in [6, 6.07) is 10.8. The molecule has 1 aromatic carbocycles. The molecular formula is C19H20N4O2S2. The highest BCUT2D eigenvalue weighted by atomic mass is 32.1. The molecule has 6 nitrogen and oxygen atoms in total. The number of rotatable bonds is 6. The third kappa shape index (κ3) is 4.78. The van der Waals surface area contributed by atoms with Crippen molar-refractivity contribution in [1.82, 2.24) is 15.5 Å².